The highest BCUT2D eigenvalue weighted by molar-refractivity contribution is 7.99. The van der Waals surface area contributed by atoms with Gasteiger partial charge in [0.15, 0.2) is 0 Å². The highest BCUT2D eigenvalue weighted by Crippen LogP contribution is 2.21. The van der Waals surface area contributed by atoms with Gasteiger partial charge in [-0.3, -0.25) is 9.59 Å². The number of hydrogen-bond donors (Lipinski definition) is 0. The molecule has 1 atom stereocenters. The molecule has 136 valence electrons. The zero-order valence-electron chi connectivity index (χ0n) is 14.8. The van der Waals surface area contributed by atoms with Crippen molar-refractivity contribution in [3.8, 4) is 0 Å². The van der Waals surface area contributed by atoms with E-state index in [0.29, 0.717) is 18.2 Å². The van der Waals surface area contributed by atoms with Crippen LogP contribution in [0.15, 0.2) is 42.5 Å². The smallest absolute Gasteiger partial charge is 0.224 e. The van der Waals surface area contributed by atoms with Gasteiger partial charge in [0, 0.05) is 32.2 Å². The van der Waals surface area contributed by atoms with Gasteiger partial charge in [-0.15, -0.1) is 11.8 Å². The quantitative estimate of drug-likeness (QED) is 0.734. The Hall–Kier alpha value is -2.34. The van der Waals surface area contributed by atoms with Crippen molar-refractivity contribution in [1.82, 2.24) is 9.80 Å². The number of fused-ring (bicyclic) bond motifs is 1. The molecule has 1 saturated heterocycles. The molecule has 0 unspecified atom stereocenters. The Kier molecular flexibility index (Phi) is 5.93. The van der Waals surface area contributed by atoms with Crippen LogP contribution >= 0.6 is 11.8 Å². The molecule has 2 amide bonds. The van der Waals surface area contributed by atoms with Gasteiger partial charge in [0.2, 0.25) is 11.8 Å². The van der Waals surface area contributed by atoms with E-state index in [0.717, 1.165) is 17.2 Å². The van der Waals surface area contributed by atoms with Gasteiger partial charge in [0.05, 0.1) is 11.9 Å². The van der Waals surface area contributed by atoms with Gasteiger partial charge in [0.1, 0.15) is 6.29 Å². The molecule has 1 heterocycles. The molecule has 5 nitrogen and oxygen atoms in total. The second kappa shape index (κ2) is 8.36. The highest BCUT2D eigenvalue weighted by Gasteiger charge is 2.28. The largest absolute Gasteiger partial charge is 0.341 e. The molecule has 0 radical (unpaired) electrons. The predicted octanol–water partition coefficient (Wildman–Crippen LogP) is 2.68. The number of hydrogen-bond acceptors (Lipinski definition) is 4. The number of carbonyl (C=O) groups excluding carboxylic acids is 3. The Labute approximate surface area is 157 Å². The molecule has 1 fully saturated rings. The van der Waals surface area contributed by atoms with Gasteiger partial charge in [-0.2, -0.15) is 0 Å². The number of carbonyl (C=O) groups is 3. The molecular weight excluding hydrogens is 348 g/mol. The molecule has 6 heteroatoms. The molecule has 2 aromatic carbocycles. The Morgan fingerprint density at radius 2 is 1.96 bits per heavy atom. The zero-order chi connectivity index (χ0) is 18.5. The first-order valence-corrected chi connectivity index (χ1v) is 9.78. The molecule has 2 aromatic rings. The van der Waals surface area contributed by atoms with Gasteiger partial charge < -0.3 is 14.6 Å². The predicted molar refractivity (Wildman–Crippen MR) is 104 cm³/mol. The van der Waals surface area contributed by atoms with Crippen LogP contribution in [0, 0.1) is 0 Å². The van der Waals surface area contributed by atoms with E-state index >= 15 is 0 Å². The van der Waals surface area contributed by atoms with E-state index in [9.17, 15) is 14.4 Å². The van der Waals surface area contributed by atoms with Gasteiger partial charge >= 0.3 is 0 Å². The van der Waals surface area contributed by atoms with Gasteiger partial charge in [-0.1, -0.05) is 36.4 Å². The average molecular weight is 370 g/mol. The number of benzene rings is 2. The van der Waals surface area contributed by atoms with Crippen LogP contribution in [0.1, 0.15) is 18.4 Å². The molecule has 1 aliphatic rings. The third-order valence-corrected chi connectivity index (χ3v) is 5.65. The molecule has 0 bridgehead atoms. The first-order valence-electron chi connectivity index (χ1n) is 8.62. The lowest BCUT2D eigenvalue weighted by Crippen LogP contribution is -2.38. The Morgan fingerprint density at radius 1 is 1.19 bits per heavy atom. The van der Waals surface area contributed by atoms with Crippen molar-refractivity contribution in [3.05, 3.63) is 48.0 Å². The fraction of sp³-hybridized carbons (Fsp3) is 0.350. The maximum absolute atomic E-state index is 12.4. The summed E-state index contributed by atoms with van der Waals surface area (Å²) >= 11 is 1.56. The highest BCUT2D eigenvalue weighted by atomic mass is 32.2. The summed E-state index contributed by atoms with van der Waals surface area (Å²) in [5.41, 5.74) is 1.06. The van der Waals surface area contributed by atoms with E-state index in [-0.39, 0.29) is 30.7 Å². The minimum atomic E-state index is -0.349. The van der Waals surface area contributed by atoms with Gasteiger partial charge in [-0.05, 0) is 22.4 Å². The SMILES string of the molecule is CN(Cc1ccc2ccccc2c1)C(=O)CCC(=O)N1CSC[C@H]1C=O. The Morgan fingerprint density at radius 3 is 2.73 bits per heavy atom. The van der Waals surface area contributed by atoms with Gasteiger partial charge in [-0.25, -0.2) is 0 Å². The second-order valence-corrected chi connectivity index (χ2v) is 7.50. The molecule has 1 aliphatic heterocycles. The van der Waals surface area contributed by atoms with E-state index in [4.69, 9.17) is 0 Å². The number of aldehydes is 1. The van der Waals surface area contributed by atoms with Crippen molar-refractivity contribution >= 4 is 40.6 Å². The van der Waals surface area contributed by atoms with Crippen molar-refractivity contribution in [1.29, 1.82) is 0 Å². The molecular formula is C20H22N2O3S. The van der Waals surface area contributed by atoms with Crippen LogP contribution in [0.2, 0.25) is 0 Å². The lowest BCUT2D eigenvalue weighted by atomic mass is 10.1. The summed E-state index contributed by atoms with van der Waals surface area (Å²) in [5.74, 6) is 0.981. The molecule has 0 spiro atoms. The average Bonchev–Trinajstić information content (AvgIpc) is 3.14. The van der Waals surface area contributed by atoms with Crippen LogP contribution in [0.4, 0.5) is 0 Å². The van der Waals surface area contributed by atoms with Crippen LogP contribution in [-0.2, 0) is 20.9 Å². The van der Waals surface area contributed by atoms with Crippen molar-refractivity contribution in [2.45, 2.75) is 25.4 Å². The number of amides is 2. The first kappa shape index (κ1) is 18.5. The third kappa shape index (κ3) is 4.25. The molecule has 0 aromatic heterocycles. The topological polar surface area (TPSA) is 57.7 Å². The van der Waals surface area contributed by atoms with Crippen molar-refractivity contribution in [3.63, 3.8) is 0 Å². The number of rotatable bonds is 6. The summed E-state index contributed by atoms with van der Waals surface area (Å²) in [6.07, 6.45) is 1.12. The fourth-order valence-corrected chi connectivity index (χ4v) is 4.21. The van der Waals surface area contributed by atoms with Crippen molar-refractivity contribution in [2.75, 3.05) is 18.7 Å². The molecule has 0 saturated carbocycles. The summed E-state index contributed by atoms with van der Waals surface area (Å²) < 4.78 is 0. The Balaban J connectivity index is 1.53. The van der Waals surface area contributed by atoms with Crippen LogP contribution < -0.4 is 0 Å². The van der Waals surface area contributed by atoms with E-state index < -0.39 is 0 Å². The van der Waals surface area contributed by atoms with Crippen LogP contribution in [-0.4, -0.2) is 52.6 Å². The monoisotopic (exact) mass is 370 g/mol. The van der Waals surface area contributed by atoms with Crippen molar-refractivity contribution < 1.29 is 14.4 Å². The minimum absolute atomic E-state index is 0.0685. The summed E-state index contributed by atoms with van der Waals surface area (Å²) in [6, 6.07) is 13.9. The third-order valence-electron chi connectivity index (χ3n) is 4.61. The lowest BCUT2D eigenvalue weighted by Gasteiger charge is -2.21. The summed E-state index contributed by atoms with van der Waals surface area (Å²) in [4.78, 5) is 38.8. The molecule has 3 rings (SSSR count). The summed E-state index contributed by atoms with van der Waals surface area (Å²) in [6.45, 7) is 0.508. The first-order chi connectivity index (χ1) is 12.6. The molecule has 26 heavy (non-hydrogen) atoms. The standard InChI is InChI=1S/C20H22N2O3S/c1-21(11-15-6-7-16-4-2-3-5-17(16)10-15)19(24)8-9-20(25)22-14-26-13-18(22)12-23/h2-7,10,12,18H,8-9,11,13-14H2,1H3/t18-/m1/s1. The second-order valence-electron chi connectivity index (χ2n) is 6.50. The van der Waals surface area contributed by atoms with E-state index in [1.165, 1.54) is 5.39 Å². The van der Waals surface area contributed by atoms with Crippen LogP contribution in [0.25, 0.3) is 10.8 Å². The fourth-order valence-electron chi connectivity index (χ4n) is 3.07. The van der Waals surface area contributed by atoms with E-state index in [1.807, 2.05) is 18.2 Å². The van der Waals surface area contributed by atoms with Crippen molar-refractivity contribution in [2.24, 2.45) is 0 Å². The van der Waals surface area contributed by atoms with E-state index in [1.54, 1.807) is 28.6 Å². The summed E-state index contributed by atoms with van der Waals surface area (Å²) in [5, 5.41) is 2.32. The number of nitrogens with zero attached hydrogens (tertiary/aromatic N) is 2. The maximum atomic E-state index is 12.4. The molecule has 0 N–H and O–H groups in total. The zero-order valence-corrected chi connectivity index (χ0v) is 15.6. The molecule has 0 aliphatic carbocycles. The van der Waals surface area contributed by atoms with E-state index in [2.05, 4.69) is 24.3 Å². The minimum Gasteiger partial charge on any atom is -0.341 e. The normalized spacial score (nSPS) is 16.7. The maximum Gasteiger partial charge on any atom is 0.224 e. The van der Waals surface area contributed by atoms with Crippen LogP contribution in [0.3, 0.4) is 0 Å². The summed E-state index contributed by atoms with van der Waals surface area (Å²) in [7, 11) is 1.75. The number of thioether (sulfide) groups is 1. The lowest BCUT2D eigenvalue weighted by molar-refractivity contribution is -0.137. The van der Waals surface area contributed by atoms with Gasteiger partial charge in [0.25, 0.3) is 0 Å². The Bertz CT molecular complexity index is 824. The van der Waals surface area contributed by atoms with Crippen LogP contribution in [0.5, 0.6) is 0 Å².